The van der Waals surface area contributed by atoms with E-state index in [4.69, 9.17) is 10.5 Å². The van der Waals surface area contributed by atoms with Gasteiger partial charge in [0.05, 0.1) is 7.11 Å². The molecule has 1 aromatic carbocycles. The van der Waals surface area contributed by atoms with Crippen LogP contribution in [0.1, 0.15) is 55.6 Å². The van der Waals surface area contributed by atoms with Gasteiger partial charge in [-0.3, -0.25) is 0 Å². The number of hydrogen-bond donors (Lipinski definition) is 1. The molecule has 0 aromatic heterocycles. The van der Waals surface area contributed by atoms with Crippen molar-refractivity contribution >= 4 is 0 Å². The topological polar surface area (TPSA) is 35.2 Å². The van der Waals surface area contributed by atoms with Crippen LogP contribution in [0, 0.1) is 12.8 Å². The third-order valence-corrected chi connectivity index (χ3v) is 4.51. The molecule has 2 N–H and O–H groups in total. The second-order valence-corrected chi connectivity index (χ2v) is 5.84. The average Bonchev–Trinajstić information content (AvgIpc) is 2.69. The molecular formula is C17H27NO. The molecule has 19 heavy (non-hydrogen) atoms. The molecule has 1 saturated carbocycles. The Morgan fingerprint density at radius 3 is 2.47 bits per heavy atom. The Balaban J connectivity index is 2.26. The summed E-state index contributed by atoms with van der Waals surface area (Å²) in [5, 5.41) is 0. The fourth-order valence-corrected chi connectivity index (χ4v) is 3.43. The monoisotopic (exact) mass is 261 g/mol. The van der Waals surface area contributed by atoms with Crippen LogP contribution in [0.5, 0.6) is 5.75 Å². The van der Waals surface area contributed by atoms with Crippen LogP contribution in [0.3, 0.4) is 0 Å². The predicted molar refractivity (Wildman–Crippen MR) is 80.7 cm³/mol. The van der Waals surface area contributed by atoms with E-state index in [1.165, 1.54) is 49.7 Å². The van der Waals surface area contributed by atoms with Crippen molar-refractivity contribution in [1.29, 1.82) is 0 Å². The van der Waals surface area contributed by atoms with Gasteiger partial charge < -0.3 is 10.5 Å². The Bertz CT molecular complexity index is 394. The van der Waals surface area contributed by atoms with Gasteiger partial charge in [0, 0.05) is 5.92 Å². The van der Waals surface area contributed by atoms with Gasteiger partial charge in [0.15, 0.2) is 0 Å². The largest absolute Gasteiger partial charge is 0.496 e. The molecule has 1 unspecified atom stereocenters. The zero-order valence-corrected chi connectivity index (χ0v) is 12.3. The predicted octanol–water partition coefficient (Wildman–Crippen LogP) is 4.02. The van der Waals surface area contributed by atoms with E-state index in [-0.39, 0.29) is 0 Å². The van der Waals surface area contributed by atoms with Gasteiger partial charge in [0.1, 0.15) is 5.75 Å². The molecule has 2 nitrogen and oxygen atoms in total. The fraction of sp³-hybridized carbons (Fsp3) is 0.647. The van der Waals surface area contributed by atoms with Crippen LogP contribution in [-0.4, -0.2) is 13.7 Å². The van der Waals surface area contributed by atoms with E-state index in [2.05, 4.69) is 25.1 Å². The molecule has 1 aliphatic rings. The standard InChI is InChI=1S/C17H27NO/c1-13-9-10-17(19-2)15(11-13)16(12-18)14-7-5-3-4-6-8-14/h9-11,14,16H,3-8,12,18H2,1-2H3. The summed E-state index contributed by atoms with van der Waals surface area (Å²) < 4.78 is 5.55. The van der Waals surface area contributed by atoms with Gasteiger partial charge in [-0.05, 0) is 43.9 Å². The fourth-order valence-electron chi connectivity index (χ4n) is 3.43. The molecule has 2 heteroatoms. The lowest BCUT2D eigenvalue weighted by molar-refractivity contribution is 0.357. The van der Waals surface area contributed by atoms with E-state index < -0.39 is 0 Å². The van der Waals surface area contributed by atoms with Crippen molar-refractivity contribution in [2.75, 3.05) is 13.7 Å². The summed E-state index contributed by atoms with van der Waals surface area (Å²) in [6.07, 6.45) is 8.13. The van der Waals surface area contributed by atoms with Gasteiger partial charge in [0.2, 0.25) is 0 Å². The molecule has 0 bridgehead atoms. The first-order chi connectivity index (χ1) is 9.26. The number of ether oxygens (including phenoxy) is 1. The molecular weight excluding hydrogens is 234 g/mol. The molecule has 1 fully saturated rings. The van der Waals surface area contributed by atoms with E-state index in [0.717, 1.165) is 18.2 Å². The molecule has 0 amide bonds. The van der Waals surface area contributed by atoms with Crippen molar-refractivity contribution in [3.8, 4) is 5.75 Å². The van der Waals surface area contributed by atoms with E-state index in [0.29, 0.717) is 5.92 Å². The SMILES string of the molecule is COc1ccc(C)cc1C(CN)C1CCCCCC1. The highest BCUT2D eigenvalue weighted by Crippen LogP contribution is 2.38. The van der Waals surface area contributed by atoms with Gasteiger partial charge in [-0.2, -0.15) is 0 Å². The number of hydrogen-bond acceptors (Lipinski definition) is 2. The minimum atomic E-state index is 0.452. The summed E-state index contributed by atoms with van der Waals surface area (Å²) in [4.78, 5) is 0. The highest BCUT2D eigenvalue weighted by atomic mass is 16.5. The summed E-state index contributed by atoms with van der Waals surface area (Å²) in [7, 11) is 1.76. The van der Waals surface area contributed by atoms with E-state index >= 15 is 0 Å². The molecule has 106 valence electrons. The number of benzene rings is 1. The lowest BCUT2D eigenvalue weighted by Crippen LogP contribution is -2.22. The van der Waals surface area contributed by atoms with Gasteiger partial charge >= 0.3 is 0 Å². The van der Waals surface area contributed by atoms with Crippen LogP contribution in [0.4, 0.5) is 0 Å². The molecule has 0 saturated heterocycles. The zero-order chi connectivity index (χ0) is 13.7. The first kappa shape index (κ1) is 14.4. The van der Waals surface area contributed by atoms with Crippen LogP contribution in [-0.2, 0) is 0 Å². The lowest BCUT2D eigenvalue weighted by atomic mass is 9.80. The van der Waals surface area contributed by atoms with E-state index in [9.17, 15) is 0 Å². The quantitative estimate of drug-likeness (QED) is 0.831. The summed E-state index contributed by atoms with van der Waals surface area (Å²) >= 11 is 0. The maximum absolute atomic E-state index is 6.10. The van der Waals surface area contributed by atoms with Crippen molar-refractivity contribution in [2.24, 2.45) is 11.7 Å². The zero-order valence-electron chi connectivity index (χ0n) is 12.3. The highest BCUT2D eigenvalue weighted by molar-refractivity contribution is 5.40. The molecule has 1 atom stereocenters. The highest BCUT2D eigenvalue weighted by Gasteiger charge is 2.25. The van der Waals surface area contributed by atoms with Crippen molar-refractivity contribution in [2.45, 2.75) is 51.4 Å². The molecule has 0 spiro atoms. The first-order valence-electron chi connectivity index (χ1n) is 7.61. The Labute approximate surface area is 117 Å². The number of methoxy groups -OCH3 is 1. The van der Waals surface area contributed by atoms with Crippen LogP contribution < -0.4 is 10.5 Å². The van der Waals surface area contributed by atoms with E-state index in [1.807, 2.05) is 0 Å². The second kappa shape index (κ2) is 6.95. The molecule has 0 radical (unpaired) electrons. The normalized spacial score (nSPS) is 18.9. The third kappa shape index (κ3) is 3.50. The molecule has 2 rings (SSSR count). The van der Waals surface area contributed by atoms with Crippen LogP contribution in [0.15, 0.2) is 18.2 Å². The lowest BCUT2D eigenvalue weighted by Gasteiger charge is -2.27. The first-order valence-corrected chi connectivity index (χ1v) is 7.61. The van der Waals surface area contributed by atoms with Gasteiger partial charge in [0.25, 0.3) is 0 Å². The molecule has 0 aliphatic heterocycles. The maximum atomic E-state index is 6.10. The Morgan fingerprint density at radius 2 is 1.89 bits per heavy atom. The Kier molecular flexibility index (Phi) is 5.26. The van der Waals surface area contributed by atoms with Crippen molar-refractivity contribution < 1.29 is 4.74 Å². The molecule has 0 heterocycles. The minimum absolute atomic E-state index is 0.452. The van der Waals surface area contributed by atoms with Gasteiger partial charge in [-0.1, -0.05) is 43.4 Å². The van der Waals surface area contributed by atoms with Crippen molar-refractivity contribution in [1.82, 2.24) is 0 Å². The smallest absolute Gasteiger partial charge is 0.122 e. The maximum Gasteiger partial charge on any atom is 0.122 e. The third-order valence-electron chi connectivity index (χ3n) is 4.51. The molecule has 1 aromatic rings. The summed E-state index contributed by atoms with van der Waals surface area (Å²) in [6, 6.07) is 6.47. The number of rotatable bonds is 4. The van der Waals surface area contributed by atoms with Gasteiger partial charge in [-0.25, -0.2) is 0 Å². The average molecular weight is 261 g/mol. The number of aryl methyl sites for hydroxylation is 1. The van der Waals surface area contributed by atoms with Crippen LogP contribution in [0.2, 0.25) is 0 Å². The summed E-state index contributed by atoms with van der Waals surface area (Å²) in [5.41, 5.74) is 8.72. The Morgan fingerprint density at radius 1 is 1.21 bits per heavy atom. The minimum Gasteiger partial charge on any atom is -0.496 e. The van der Waals surface area contributed by atoms with Crippen LogP contribution in [0.25, 0.3) is 0 Å². The van der Waals surface area contributed by atoms with Crippen molar-refractivity contribution in [3.05, 3.63) is 29.3 Å². The Hall–Kier alpha value is -1.02. The number of nitrogens with two attached hydrogens (primary N) is 1. The second-order valence-electron chi connectivity index (χ2n) is 5.84. The van der Waals surface area contributed by atoms with Crippen molar-refractivity contribution in [3.63, 3.8) is 0 Å². The summed E-state index contributed by atoms with van der Waals surface area (Å²) in [5.74, 6) is 2.18. The van der Waals surface area contributed by atoms with E-state index in [1.54, 1.807) is 7.11 Å². The van der Waals surface area contributed by atoms with Gasteiger partial charge in [-0.15, -0.1) is 0 Å². The summed E-state index contributed by atoms with van der Waals surface area (Å²) in [6.45, 7) is 2.87. The molecule has 1 aliphatic carbocycles. The van der Waals surface area contributed by atoms with Crippen LogP contribution >= 0.6 is 0 Å².